The number of fused-ring (bicyclic) bond motifs is 15. The molecule has 3 aliphatic rings. The number of benzene rings is 11. The van der Waals surface area contributed by atoms with Gasteiger partial charge in [0, 0.05) is 47.0 Å². The normalized spacial score (nSPS) is 16.5. The first-order valence-electron chi connectivity index (χ1n) is 25.4. The first-order chi connectivity index (χ1) is 35.7. The Morgan fingerprint density at radius 1 is 0.389 bits per heavy atom. The predicted molar refractivity (Wildman–Crippen MR) is 315 cm³/mol. The summed E-state index contributed by atoms with van der Waals surface area (Å²) in [7, 11) is 0. The minimum atomic E-state index is 0.260. The minimum absolute atomic E-state index is 0.260. The fourth-order valence-electron chi connectivity index (χ4n) is 13.3. The zero-order chi connectivity index (χ0) is 47.0. The topological polar surface area (TPSA) is 0 Å². The molecule has 0 saturated heterocycles. The molecule has 0 saturated carbocycles. The van der Waals surface area contributed by atoms with Crippen molar-refractivity contribution >= 4 is 129 Å². The number of hydrogen-bond donors (Lipinski definition) is 0. The molecule has 2 heterocycles. The molecule has 336 valence electrons. The molecule has 2 aromatic heterocycles. The van der Waals surface area contributed by atoms with Crippen molar-refractivity contribution < 1.29 is 0 Å². The lowest BCUT2D eigenvalue weighted by molar-refractivity contribution is 0.784. The summed E-state index contributed by atoms with van der Waals surface area (Å²) in [5.74, 6) is 0.688. The molecule has 72 heavy (non-hydrogen) atoms. The molecule has 3 aliphatic carbocycles. The molecular formula is C70H44S2. The van der Waals surface area contributed by atoms with Crippen LogP contribution in [0.4, 0.5) is 0 Å². The smallest absolute Gasteiger partial charge is 0.0361 e. The van der Waals surface area contributed by atoms with E-state index in [9.17, 15) is 0 Å². The second-order valence-electron chi connectivity index (χ2n) is 20.0. The Morgan fingerprint density at radius 2 is 0.986 bits per heavy atom. The highest BCUT2D eigenvalue weighted by Gasteiger charge is 2.28. The van der Waals surface area contributed by atoms with E-state index in [0.29, 0.717) is 5.92 Å². The van der Waals surface area contributed by atoms with E-state index < -0.39 is 0 Å². The first kappa shape index (κ1) is 40.6. The zero-order valence-electron chi connectivity index (χ0n) is 39.3. The molecule has 2 unspecified atom stereocenters. The molecule has 0 fully saturated rings. The molecule has 0 bridgehead atoms. The van der Waals surface area contributed by atoms with Crippen molar-refractivity contribution in [3.63, 3.8) is 0 Å². The van der Waals surface area contributed by atoms with Gasteiger partial charge in [0.25, 0.3) is 0 Å². The van der Waals surface area contributed by atoms with Crippen molar-refractivity contribution in [3.8, 4) is 22.3 Å². The van der Waals surface area contributed by atoms with Gasteiger partial charge in [0.2, 0.25) is 0 Å². The lowest BCUT2D eigenvalue weighted by Crippen LogP contribution is -2.09. The third-order valence-corrected chi connectivity index (χ3v) is 18.6. The molecular weight excluding hydrogens is 905 g/mol. The summed E-state index contributed by atoms with van der Waals surface area (Å²) in [6.07, 6.45) is 20.9. The maximum absolute atomic E-state index is 2.52. The van der Waals surface area contributed by atoms with Crippen LogP contribution in [0.15, 0.2) is 230 Å². The third-order valence-electron chi connectivity index (χ3n) is 16.3. The van der Waals surface area contributed by atoms with Gasteiger partial charge in [-0.2, -0.15) is 0 Å². The van der Waals surface area contributed by atoms with Gasteiger partial charge >= 0.3 is 0 Å². The van der Waals surface area contributed by atoms with E-state index in [1.165, 1.54) is 150 Å². The van der Waals surface area contributed by atoms with E-state index in [4.69, 9.17) is 0 Å². The van der Waals surface area contributed by atoms with E-state index in [1.54, 1.807) is 0 Å². The van der Waals surface area contributed by atoms with Crippen LogP contribution >= 0.6 is 22.7 Å². The Bertz CT molecular complexity index is 4570. The monoisotopic (exact) mass is 948 g/mol. The molecule has 0 N–H and O–H groups in total. The summed E-state index contributed by atoms with van der Waals surface area (Å²) in [6.45, 7) is 0. The first-order valence-corrected chi connectivity index (χ1v) is 27.0. The van der Waals surface area contributed by atoms with Crippen molar-refractivity contribution in [2.24, 2.45) is 5.92 Å². The Balaban J connectivity index is 0.827. The van der Waals surface area contributed by atoms with Gasteiger partial charge in [-0.05, 0) is 146 Å². The zero-order valence-corrected chi connectivity index (χ0v) is 41.0. The van der Waals surface area contributed by atoms with Gasteiger partial charge in [0.1, 0.15) is 0 Å². The Kier molecular flexibility index (Phi) is 8.84. The van der Waals surface area contributed by atoms with Crippen LogP contribution in [0.5, 0.6) is 0 Å². The lowest BCUT2D eigenvalue weighted by Gasteiger charge is -2.27. The highest BCUT2D eigenvalue weighted by Crippen LogP contribution is 2.51. The molecule has 0 aliphatic heterocycles. The number of allylic oxidation sites excluding steroid dienone is 9. The SMILES string of the molecule is C1=CC2=C(c3c4ccccc4c(C4C=Cc5c(sc6ccc7c(ccc8sc9cc(-c%10c%11ccccc%11c(-c%11cccc%12ccccc%11%12)c%11ccccc%10%11)ccc9c87)c56)C4)c4ccccc34)C=CCC2C=C1. The van der Waals surface area contributed by atoms with Crippen molar-refractivity contribution in [2.45, 2.75) is 18.8 Å². The summed E-state index contributed by atoms with van der Waals surface area (Å²) in [4.78, 5) is 1.48. The Hall–Kier alpha value is -8.14. The fraction of sp³-hybridized carbons (Fsp3) is 0.0571. The van der Waals surface area contributed by atoms with Gasteiger partial charge in [-0.3, -0.25) is 0 Å². The molecule has 16 rings (SSSR count). The van der Waals surface area contributed by atoms with Gasteiger partial charge in [-0.1, -0.05) is 212 Å². The van der Waals surface area contributed by atoms with Crippen LogP contribution in [-0.2, 0) is 6.42 Å². The largest absolute Gasteiger partial charge is 0.140 e. The van der Waals surface area contributed by atoms with Gasteiger partial charge in [-0.15, -0.1) is 22.7 Å². The third kappa shape index (κ3) is 5.85. The quantitative estimate of drug-likeness (QED) is 0.154. The van der Waals surface area contributed by atoms with Gasteiger partial charge in [0.15, 0.2) is 0 Å². The van der Waals surface area contributed by atoms with Crippen LogP contribution in [0.3, 0.4) is 0 Å². The van der Waals surface area contributed by atoms with Gasteiger partial charge in [-0.25, -0.2) is 0 Å². The van der Waals surface area contributed by atoms with E-state index >= 15 is 0 Å². The van der Waals surface area contributed by atoms with E-state index in [-0.39, 0.29) is 5.92 Å². The average molecular weight is 949 g/mol. The molecule has 11 aromatic carbocycles. The highest BCUT2D eigenvalue weighted by atomic mass is 32.1. The standard InChI is InChI=1S/C70H44S2/c1-3-19-45-41(15-1)17-13-29-47(45)67-53-25-9-5-21-49(53)65(50-22-6-10-26-54(50)67)43-31-33-59-63(39-43)71-61-37-35-58-57(69(59)61)36-38-62-70(58)60-34-32-44(40-64(60)72-62)66-51-23-7-11-27-55(51)68(56-28-12-8-24-52(56)66)48-30-14-18-42-16-2-4-20-46(42)48/h1-17,19-39,42,44H,18,40H2. The van der Waals surface area contributed by atoms with Crippen LogP contribution in [0, 0.1) is 5.92 Å². The maximum atomic E-state index is 2.52. The fourth-order valence-corrected chi connectivity index (χ4v) is 15.7. The number of rotatable bonds is 4. The summed E-state index contributed by atoms with van der Waals surface area (Å²) < 4.78 is 4.03. The van der Waals surface area contributed by atoms with Crippen molar-refractivity contribution in [1.29, 1.82) is 0 Å². The minimum Gasteiger partial charge on any atom is -0.140 e. The Morgan fingerprint density at radius 3 is 1.71 bits per heavy atom. The highest BCUT2D eigenvalue weighted by molar-refractivity contribution is 7.26. The molecule has 0 nitrogen and oxygen atoms in total. The predicted octanol–water partition coefficient (Wildman–Crippen LogP) is 20.3. The molecule has 0 spiro atoms. The summed E-state index contributed by atoms with van der Waals surface area (Å²) in [5, 5.41) is 19.9. The van der Waals surface area contributed by atoms with Gasteiger partial charge in [0.05, 0.1) is 0 Å². The van der Waals surface area contributed by atoms with E-state index in [1.807, 2.05) is 22.7 Å². The molecule has 2 heteroatoms. The van der Waals surface area contributed by atoms with E-state index in [0.717, 1.165) is 12.8 Å². The molecule has 13 aromatic rings. The van der Waals surface area contributed by atoms with Crippen molar-refractivity contribution in [2.75, 3.05) is 0 Å². The summed E-state index contributed by atoms with van der Waals surface area (Å²) in [6, 6.07) is 68.9. The van der Waals surface area contributed by atoms with E-state index in [2.05, 4.69) is 231 Å². The summed E-state index contributed by atoms with van der Waals surface area (Å²) >= 11 is 3.92. The molecule has 0 radical (unpaired) electrons. The van der Waals surface area contributed by atoms with Crippen LogP contribution in [-0.4, -0.2) is 0 Å². The van der Waals surface area contributed by atoms with Crippen LogP contribution in [0.25, 0.3) is 129 Å². The second-order valence-corrected chi connectivity index (χ2v) is 22.2. The van der Waals surface area contributed by atoms with Crippen molar-refractivity contribution in [3.05, 3.63) is 252 Å². The summed E-state index contributed by atoms with van der Waals surface area (Å²) in [5.41, 5.74) is 12.2. The Labute approximate surface area is 425 Å². The van der Waals surface area contributed by atoms with Gasteiger partial charge < -0.3 is 0 Å². The lowest BCUT2D eigenvalue weighted by atomic mass is 9.77. The van der Waals surface area contributed by atoms with Crippen LogP contribution in [0.1, 0.15) is 33.9 Å². The maximum Gasteiger partial charge on any atom is 0.0361 e. The number of hydrogen-bond acceptors (Lipinski definition) is 2. The molecule has 0 amide bonds. The average Bonchev–Trinajstić information content (AvgIpc) is 4.01. The molecule has 2 atom stereocenters. The number of thiophene rings is 2. The van der Waals surface area contributed by atoms with Crippen molar-refractivity contribution in [1.82, 2.24) is 0 Å². The second kappa shape index (κ2) is 15.7. The van der Waals surface area contributed by atoms with Crippen LogP contribution < -0.4 is 0 Å². The van der Waals surface area contributed by atoms with Crippen LogP contribution in [0.2, 0.25) is 0 Å².